The Balaban J connectivity index is 0.000000214. The van der Waals surface area contributed by atoms with Crippen LogP contribution in [-0.2, 0) is 19.7 Å². The molecule has 1 saturated carbocycles. The first-order valence-electron chi connectivity index (χ1n) is 22.1. The van der Waals surface area contributed by atoms with Gasteiger partial charge < -0.3 is 19.7 Å². The highest BCUT2D eigenvalue weighted by Crippen LogP contribution is 2.46. The van der Waals surface area contributed by atoms with Crippen LogP contribution in [0.5, 0.6) is 17.2 Å². The molecular weight excluding hydrogens is 733 g/mol. The van der Waals surface area contributed by atoms with Crippen molar-refractivity contribution in [1.29, 1.82) is 0 Å². The fourth-order valence-corrected chi connectivity index (χ4v) is 7.21. The van der Waals surface area contributed by atoms with Crippen LogP contribution < -0.4 is 4.74 Å². The zero-order chi connectivity index (χ0) is 44.3. The third kappa shape index (κ3) is 13.3. The first-order chi connectivity index (χ1) is 27.5. The van der Waals surface area contributed by atoms with Gasteiger partial charge in [-0.3, -0.25) is 9.59 Å². The average Bonchev–Trinajstić information content (AvgIpc) is 3.45. The molecule has 0 saturated heterocycles. The van der Waals surface area contributed by atoms with Crippen LogP contribution in [0.3, 0.4) is 0 Å². The van der Waals surface area contributed by atoms with Crippen molar-refractivity contribution in [2.75, 3.05) is 0 Å². The molecule has 0 aromatic heterocycles. The van der Waals surface area contributed by atoms with E-state index in [2.05, 4.69) is 71.0 Å². The summed E-state index contributed by atoms with van der Waals surface area (Å²) in [5.74, 6) is 2.71. The van der Waals surface area contributed by atoms with Gasteiger partial charge in [0, 0.05) is 5.56 Å². The number of hydrogen-bond acceptors (Lipinski definition) is 6. The molecule has 3 atom stereocenters. The van der Waals surface area contributed by atoms with Crippen LogP contribution in [0.15, 0.2) is 78.9 Å². The Bertz CT molecular complexity index is 1920. The number of carbonyl (C=O) groups excluding carboxylic acids is 2. The molecule has 0 amide bonds. The molecule has 0 aliphatic heterocycles. The maximum Gasteiger partial charge on any atom is 0.316 e. The quantitative estimate of drug-likeness (QED) is 0.136. The molecule has 4 aromatic rings. The summed E-state index contributed by atoms with van der Waals surface area (Å²) in [7, 11) is 0. The summed E-state index contributed by atoms with van der Waals surface area (Å²) >= 11 is 0. The normalized spacial score (nSPS) is 17.5. The van der Waals surface area contributed by atoms with Gasteiger partial charge in [0.05, 0.1) is 10.8 Å². The minimum atomic E-state index is -0.500. The average molecular weight is 809 g/mol. The SMILES string of the molecule is CC1c2cccc3cccc(c23)C1C.CCC(C)(C)C(=O)OC1(C)CCCCC1.CCC(C)(C)C(=O)Oc1ccc(O)c(C(C)(C)C)c1.CCC(C)c1ccc(O)cc1. The summed E-state index contributed by atoms with van der Waals surface area (Å²) in [4.78, 5) is 24.0. The molecule has 2 N–H and O–H groups in total. The summed E-state index contributed by atoms with van der Waals surface area (Å²) in [6.45, 7) is 28.7. The van der Waals surface area contributed by atoms with Crippen molar-refractivity contribution in [3.8, 4) is 17.2 Å². The van der Waals surface area contributed by atoms with Crippen LogP contribution in [0, 0.1) is 10.8 Å². The Morgan fingerprint density at radius 2 is 1.24 bits per heavy atom. The van der Waals surface area contributed by atoms with E-state index >= 15 is 0 Å². The number of phenolic OH excluding ortho intramolecular Hbond substituents is 2. The van der Waals surface area contributed by atoms with E-state index in [9.17, 15) is 14.7 Å². The molecule has 6 heteroatoms. The summed E-state index contributed by atoms with van der Waals surface area (Å²) in [5.41, 5.74) is 3.91. The van der Waals surface area contributed by atoms with Crippen molar-refractivity contribution in [3.63, 3.8) is 0 Å². The maximum absolute atomic E-state index is 12.0. The second-order valence-corrected chi connectivity index (χ2v) is 19.5. The van der Waals surface area contributed by atoms with Crippen LogP contribution in [0.4, 0.5) is 0 Å². The third-order valence-corrected chi connectivity index (χ3v) is 12.9. The molecular formula is C53H76O6. The van der Waals surface area contributed by atoms with Crippen LogP contribution in [-0.4, -0.2) is 27.8 Å². The molecule has 6 nitrogen and oxygen atoms in total. The zero-order valence-electron chi connectivity index (χ0n) is 38.9. The minimum Gasteiger partial charge on any atom is -0.508 e. The van der Waals surface area contributed by atoms with Gasteiger partial charge in [-0.05, 0) is 161 Å². The Kier molecular flexibility index (Phi) is 17.3. The smallest absolute Gasteiger partial charge is 0.316 e. The van der Waals surface area contributed by atoms with E-state index in [-0.39, 0.29) is 34.1 Å². The van der Waals surface area contributed by atoms with Crippen molar-refractivity contribution >= 4 is 22.7 Å². The highest BCUT2D eigenvalue weighted by molar-refractivity contribution is 5.92. The van der Waals surface area contributed by atoms with Gasteiger partial charge in [-0.1, -0.05) is 117 Å². The number of phenols is 2. The first kappa shape index (κ1) is 49.0. The molecule has 3 unspecified atom stereocenters. The van der Waals surface area contributed by atoms with Crippen LogP contribution in [0.2, 0.25) is 0 Å². The lowest BCUT2D eigenvalue weighted by molar-refractivity contribution is -0.172. The van der Waals surface area contributed by atoms with Crippen LogP contribution in [0.25, 0.3) is 10.8 Å². The topological polar surface area (TPSA) is 93.1 Å². The van der Waals surface area contributed by atoms with E-state index in [1.54, 1.807) is 30.3 Å². The fourth-order valence-electron chi connectivity index (χ4n) is 7.21. The molecule has 0 bridgehead atoms. The number of aromatic hydroxyl groups is 2. The van der Waals surface area contributed by atoms with E-state index in [1.165, 1.54) is 46.7 Å². The molecule has 59 heavy (non-hydrogen) atoms. The Morgan fingerprint density at radius 3 is 1.71 bits per heavy atom. The van der Waals surface area contributed by atoms with Crippen molar-refractivity contribution in [2.24, 2.45) is 10.8 Å². The van der Waals surface area contributed by atoms with Gasteiger partial charge in [0.1, 0.15) is 22.8 Å². The lowest BCUT2D eigenvalue weighted by Crippen LogP contribution is -2.38. The van der Waals surface area contributed by atoms with Gasteiger partial charge in [-0.25, -0.2) is 0 Å². The van der Waals surface area contributed by atoms with Gasteiger partial charge in [0.15, 0.2) is 0 Å². The van der Waals surface area contributed by atoms with Crippen LogP contribution in [0.1, 0.15) is 188 Å². The third-order valence-electron chi connectivity index (χ3n) is 12.9. The fraction of sp³-hybridized carbons (Fsp3) is 0.547. The lowest BCUT2D eigenvalue weighted by Gasteiger charge is -2.36. The molecule has 0 spiro atoms. The predicted octanol–water partition coefficient (Wildman–Crippen LogP) is 14.7. The number of esters is 2. The molecule has 2 aliphatic carbocycles. The number of carbonyl (C=O) groups is 2. The first-order valence-corrected chi connectivity index (χ1v) is 22.1. The second-order valence-electron chi connectivity index (χ2n) is 19.5. The van der Waals surface area contributed by atoms with Crippen molar-refractivity contribution in [2.45, 2.75) is 177 Å². The Morgan fingerprint density at radius 1 is 0.729 bits per heavy atom. The van der Waals surface area contributed by atoms with Gasteiger partial charge >= 0.3 is 11.9 Å². The molecule has 1 fully saturated rings. The summed E-state index contributed by atoms with van der Waals surface area (Å²) < 4.78 is 11.1. The number of ether oxygens (including phenoxy) is 2. The van der Waals surface area contributed by atoms with E-state index in [0.717, 1.165) is 37.7 Å². The summed E-state index contributed by atoms with van der Waals surface area (Å²) in [5, 5.41) is 21.8. The van der Waals surface area contributed by atoms with E-state index < -0.39 is 5.41 Å². The monoisotopic (exact) mass is 809 g/mol. The molecule has 0 radical (unpaired) electrons. The molecule has 2 aliphatic rings. The maximum atomic E-state index is 12.0. The number of hydrogen-bond donors (Lipinski definition) is 2. The summed E-state index contributed by atoms with van der Waals surface area (Å²) in [6, 6.07) is 25.7. The molecule has 0 heterocycles. The van der Waals surface area contributed by atoms with Crippen molar-refractivity contribution < 1.29 is 29.3 Å². The van der Waals surface area contributed by atoms with Crippen molar-refractivity contribution in [1.82, 2.24) is 0 Å². The Labute approximate surface area is 357 Å². The van der Waals surface area contributed by atoms with Crippen molar-refractivity contribution in [3.05, 3.63) is 101 Å². The van der Waals surface area contributed by atoms with E-state index in [1.807, 2.05) is 74.4 Å². The van der Waals surface area contributed by atoms with E-state index in [0.29, 0.717) is 29.3 Å². The number of rotatable bonds is 8. The lowest BCUT2D eigenvalue weighted by atomic mass is 9.85. The van der Waals surface area contributed by atoms with Crippen LogP contribution >= 0.6 is 0 Å². The minimum absolute atomic E-state index is 0.0330. The highest BCUT2D eigenvalue weighted by atomic mass is 16.6. The van der Waals surface area contributed by atoms with Gasteiger partial charge in [0.2, 0.25) is 0 Å². The zero-order valence-corrected chi connectivity index (χ0v) is 38.9. The second kappa shape index (κ2) is 20.8. The standard InChI is InChI=1S/C16H24O3.C14H14.C13H24O2.C10H14O/c1-7-16(5,6)14(18)19-11-8-9-13(17)12(10-11)15(2,3)4;1-9-10(2)13-8-4-6-11-5-3-7-12(9)14(11)13;1-5-12(2,3)11(14)15-13(4)9-7-6-8-10-13;1-3-8(2)9-4-6-10(11)7-5-9/h8-10,17H,7H2,1-6H3;3-10H,1-2H3;5-10H2,1-4H3;4-8,11H,3H2,1-2H3. The predicted molar refractivity (Wildman–Crippen MR) is 246 cm³/mol. The number of benzene rings is 4. The largest absolute Gasteiger partial charge is 0.508 e. The van der Waals surface area contributed by atoms with Gasteiger partial charge in [-0.2, -0.15) is 0 Å². The highest BCUT2D eigenvalue weighted by Gasteiger charge is 2.36. The summed E-state index contributed by atoms with van der Waals surface area (Å²) in [6.07, 6.45) is 8.41. The van der Waals surface area contributed by atoms with Gasteiger partial charge in [-0.15, -0.1) is 0 Å². The Hall–Kier alpha value is -4.32. The van der Waals surface area contributed by atoms with E-state index in [4.69, 9.17) is 14.6 Å². The molecule has 6 rings (SSSR count). The van der Waals surface area contributed by atoms with Gasteiger partial charge in [0.25, 0.3) is 0 Å². The molecule has 324 valence electrons. The molecule has 4 aromatic carbocycles.